The number of benzene rings is 1. The topological polar surface area (TPSA) is 107 Å². The third-order valence-electron chi connectivity index (χ3n) is 5.40. The Bertz CT molecular complexity index is 1030. The van der Waals surface area contributed by atoms with E-state index in [9.17, 15) is 9.59 Å². The summed E-state index contributed by atoms with van der Waals surface area (Å²) in [5.74, 6) is 0.265. The van der Waals surface area contributed by atoms with E-state index in [0.717, 1.165) is 12.1 Å². The van der Waals surface area contributed by atoms with E-state index in [1.165, 1.54) is 6.20 Å². The zero-order chi connectivity index (χ0) is 20.5. The average molecular weight is 393 g/mol. The van der Waals surface area contributed by atoms with Gasteiger partial charge in [-0.1, -0.05) is 23.4 Å². The van der Waals surface area contributed by atoms with Crippen LogP contribution in [-0.4, -0.2) is 44.6 Å². The molecule has 1 atom stereocenters. The second kappa shape index (κ2) is 7.54. The van der Waals surface area contributed by atoms with Gasteiger partial charge in [-0.2, -0.15) is 5.10 Å². The predicted molar refractivity (Wildman–Crippen MR) is 107 cm³/mol. The van der Waals surface area contributed by atoms with E-state index >= 15 is 0 Å². The van der Waals surface area contributed by atoms with Crippen LogP contribution < -0.4 is 5.73 Å². The van der Waals surface area contributed by atoms with Gasteiger partial charge in [0, 0.05) is 19.0 Å². The lowest BCUT2D eigenvalue weighted by molar-refractivity contribution is 0.0635. The third kappa shape index (κ3) is 3.41. The number of ketones is 1. The highest BCUT2D eigenvalue weighted by molar-refractivity contribution is 6.02. The number of carbonyl (C=O) groups excluding carboxylic acids is 2. The van der Waals surface area contributed by atoms with Gasteiger partial charge in [-0.05, 0) is 38.8 Å². The largest absolute Gasteiger partial charge is 0.383 e. The summed E-state index contributed by atoms with van der Waals surface area (Å²) in [6.45, 7) is 4.41. The molecule has 2 aromatic heterocycles. The first kappa shape index (κ1) is 18.9. The standard InChI is InChI=1S/C21H23N5O3/c1-13-18(14(2)29-24-13)21(28)25-10-6-7-15(12-25)19(27)17-11-23-26(20(17)22)16-8-4-3-5-9-16/h3-5,8-9,11,15H,6-7,10,12,22H2,1-2H3. The fourth-order valence-electron chi connectivity index (χ4n) is 3.86. The molecule has 8 nitrogen and oxygen atoms in total. The van der Waals surface area contributed by atoms with Gasteiger partial charge < -0.3 is 15.2 Å². The molecule has 1 aliphatic heterocycles. The number of aromatic nitrogens is 3. The summed E-state index contributed by atoms with van der Waals surface area (Å²) in [5.41, 5.74) is 8.47. The minimum atomic E-state index is -0.316. The quantitative estimate of drug-likeness (QED) is 0.683. The van der Waals surface area contributed by atoms with Crippen molar-refractivity contribution in [2.75, 3.05) is 18.8 Å². The van der Waals surface area contributed by atoms with Crippen molar-refractivity contribution >= 4 is 17.5 Å². The van der Waals surface area contributed by atoms with Gasteiger partial charge in [-0.15, -0.1) is 0 Å². The molecule has 0 saturated carbocycles. The summed E-state index contributed by atoms with van der Waals surface area (Å²) < 4.78 is 6.68. The Balaban J connectivity index is 1.54. The molecule has 3 heterocycles. The first-order valence-corrected chi connectivity index (χ1v) is 9.62. The molecule has 0 spiro atoms. The van der Waals surface area contributed by atoms with Gasteiger partial charge in [0.05, 0.1) is 23.1 Å². The van der Waals surface area contributed by atoms with Gasteiger partial charge in [-0.3, -0.25) is 9.59 Å². The van der Waals surface area contributed by atoms with Crippen LogP contribution in [0.25, 0.3) is 5.69 Å². The number of nitrogens with two attached hydrogens (primary N) is 1. The number of piperidine rings is 1. The van der Waals surface area contributed by atoms with Gasteiger partial charge in [-0.25, -0.2) is 4.68 Å². The maximum Gasteiger partial charge on any atom is 0.259 e. The number of rotatable bonds is 4. The lowest BCUT2D eigenvalue weighted by Crippen LogP contribution is -2.42. The number of hydrogen-bond acceptors (Lipinski definition) is 6. The zero-order valence-electron chi connectivity index (χ0n) is 16.5. The van der Waals surface area contributed by atoms with Crippen molar-refractivity contribution < 1.29 is 14.1 Å². The van der Waals surface area contributed by atoms with Crippen LogP contribution in [0, 0.1) is 19.8 Å². The second-order valence-electron chi connectivity index (χ2n) is 7.34. The number of carbonyl (C=O) groups is 2. The minimum Gasteiger partial charge on any atom is -0.383 e. The van der Waals surface area contributed by atoms with Gasteiger partial charge in [0.2, 0.25) is 0 Å². The Morgan fingerprint density at radius 1 is 1.21 bits per heavy atom. The first-order chi connectivity index (χ1) is 14.0. The highest BCUT2D eigenvalue weighted by atomic mass is 16.5. The molecule has 1 amide bonds. The number of aryl methyl sites for hydroxylation is 2. The minimum absolute atomic E-state index is 0.0825. The van der Waals surface area contributed by atoms with Crippen molar-refractivity contribution in [3.63, 3.8) is 0 Å². The SMILES string of the molecule is Cc1noc(C)c1C(=O)N1CCCC(C(=O)c2cnn(-c3ccccc3)c2N)C1. The van der Waals surface area contributed by atoms with E-state index in [2.05, 4.69) is 10.3 Å². The van der Waals surface area contributed by atoms with Crippen LogP contribution in [0.3, 0.4) is 0 Å². The number of hydrogen-bond donors (Lipinski definition) is 1. The molecule has 1 aromatic carbocycles. The van der Waals surface area contributed by atoms with E-state index in [1.807, 2.05) is 30.3 Å². The Morgan fingerprint density at radius 3 is 2.66 bits per heavy atom. The number of nitrogen functional groups attached to an aromatic ring is 1. The molecule has 0 radical (unpaired) electrons. The molecular formula is C21H23N5O3. The number of anilines is 1. The molecular weight excluding hydrogens is 370 g/mol. The maximum absolute atomic E-state index is 13.2. The summed E-state index contributed by atoms with van der Waals surface area (Å²) in [6.07, 6.45) is 2.97. The molecule has 29 heavy (non-hydrogen) atoms. The van der Waals surface area contributed by atoms with Gasteiger partial charge in [0.25, 0.3) is 5.91 Å². The molecule has 0 bridgehead atoms. The second-order valence-corrected chi connectivity index (χ2v) is 7.34. The Morgan fingerprint density at radius 2 is 1.97 bits per heavy atom. The van der Waals surface area contributed by atoms with Crippen molar-refractivity contribution in [1.29, 1.82) is 0 Å². The Labute approximate surface area is 168 Å². The number of para-hydroxylation sites is 1. The van der Waals surface area contributed by atoms with Crippen molar-refractivity contribution in [1.82, 2.24) is 19.8 Å². The molecule has 150 valence electrons. The van der Waals surface area contributed by atoms with Crippen molar-refractivity contribution in [2.24, 2.45) is 5.92 Å². The Kier molecular flexibility index (Phi) is 4.92. The van der Waals surface area contributed by atoms with Crippen molar-refractivity contribution in [3.8, 4) is 5.69 Å². The van der Waals surface area contributed by atoms with Gasteiger partial charge in [0.1, 0.15) is 17.1 Å². The molecule has 2 N–H and O–H groups in total. The van der Waals surface area contributed by atoms with E-state index in [0.29, 0.717) is 47.9 Å². The smallest absolute Gasteiger partial charge is 0.259 e. The molecule has 1 unspecified atom stereocenters. The molecule has 1 aliphatic rings. The van der Waals surface area contributed by atoms with E-state index < -0.39 is 0 Å². The Hall–Kier alpha value is -3.42. The summed E-state index contributed by atoms with van der Waals surface area (Å²) in [4.78, 5) is 27.8. The normalized spacial score (nSPS) is 16.8. The molecule has 0 aliphatic carbocycles. The van der Waals surface area contributed by atoms with E-state index in [1.54, 1.807) is 23.4 Å². The van der Waals surface area contributed by atoms with E-state index in [4.69, 9.17) is 10.3 Å². The summed E-state index contributed by atoms with van der Waals surface area (Å²) in [7, 11) is 0. The zero-order valence-corrected chi connectivity index (χ0v) is 16.5. The molecule has 4 rings (SSSR count). The molecule has 8 heteroatoms. The fraction of sp³-hybridized carbons (Fsp3) is 0.333. The number of Topliss-reactive ketones (excluding diaryl/α,β-unsaturated/α-hetero) is 1. The van der Waals surface area contributed by atoms with Crippen LogP contribution in [0.15, 0.2) is 41.1 Å². The predicted octanol–water partition coefficient (Wildman–Crippen LogP) is 2.79. The lowest BCUT2D eigenvalue weighted by Gasteiger charge is -2.32. The fourth-order valence-corrected chi connectivity index (χ4v) is 3.86. The van der Waals surface area contributed by atoms with Crippen molar-refractivity contribution in [2.45, 2.75) is 26.7 Å². The molecule has 3 aromatic rings. The van der Waals surface area contributed by atoms with Crippen LogP contribution in [0.5, 0.6) is 0 Å². The highest BCUT2D eigenvalue weighted by Crippen LogP contribution is 2.27. The summed E-state index contributed by atoms with van der Waals surface area (Å²) in [6, 6.07) is 9.43. The van der Waals surface area contributed by atoms with E-state index in [-0.39, 0.29) is 17.6 Å². The van der Waals surface area contributed by atoms with Crippen LogP contribution in [-0.2, 0) is 0 Å². The van der Waals surface area contributed by atoms with Crippen LogP contribution in [0.1, 0.15) is 45.0 Å². The first-order valence-electron chi connectivity index (χ1n) is 9.62. The van der Waals surface area contributed by atoms with Crippen LogP contribution in [0.4, 0.5) is 5.82 Å². The summed E-state index contributed by atoms with van der Waals surface area (Å²) >= 11 is 0. The number of nitrogens with zero attached hydrogens (tertiary/aromatic N) is 4. The molecule has 1 saturated heterocycles. The van der Waals surface area contributed by atoms with Gasteiger partial charge >= 0.3 is 0 Å². The number of amides is 1. The lowest BCUT2D eigenvalue weighted by atomic mass is 9.90. The third-order valence-corrected chi connectivity index (χ3v) is 5.40. The van der Waals surface area contributed by atoms with Crippen molar-refractivity contribution in [3.05, 3.63) is 59.1 Å². The van der Waals surface area contributed by atoms with Gasteiger partial charge in [0.15, 0.2) is 5.78 Å². The number of likely N-dealkylation sites (tertiary alicyclic amines) is 1. The summed E-state index contributed by atoms with van der Waals surface area (Å²) in [5, 5.41) is 8.15. The highest BCUT2D eigenvalue weighted by Gasteiger charge is 2.33. The monoisotopic (exact) mass is 393 g/mol. The van der Waals surface area contributed by atoms with Crippen LogP contribution >= 0.6 is 0 Å². The maximum atomic E-state index is 13.2. The van der Waals surface area contributed by atoms with Crippen LogP contribution in [0.2, 0.25) is 0 Å². The average Bonchev–Trinajstić information content (AvgIpc) is 3.29. The molecule has 1 fully saturated rings.